The number of rotatable bonds is 8. The molecule has 4 aliphatic carbocycles. The summed E-state index contributed by atoms with van der Waals surface area (Å²) in [6, 6.07) is 20.6. The molecule has 2 aromatic heterocycles. The minimum atomic E-state index is -1.08. The third kappa shape index (κ3) is 8.71. The Morgan fingerprint density at radius 1 is 0.556 bits per heavy atom. The van der Waals surface area contributed by atoms with Crippen molar-refractivity contribution in [3.8, 4) is 0 Å². The number of furan rings is 2. The number of carbonyl (C=O) groups is 6. The third-order valence-electron chi connectivity index (χ3n) is 18.0. The van der Waals surface area contributed by atoms with E-state index in [-0.39, 0.29) is 24.8 Å². The quantitative estimate of drug-likeness (QED) is 0.125. The van der Waals surface area contributed by atoms with Crippen LogP contribution in [0.2, 0.25) is 0 Å². The van der Waals surface area contributed by atoms with Crippen LogP contribution < -0.4 is 0 Å². The van der Waals surface area contributed by atoms with E-state index in [2.05, 4.69) is 0 Å². The van der Waals surface area contributed by atoms with Gasteiger partial charge in [0.05, 0.1) is 86.3 Å². The van der Waals surface area contributed by atoms with Gasteiger partial charge in [0.15, 0.2) is 0 Å². The maximum Gasteiger partial charge on any atom is 0.338 e. The van der Waals surface area contributed by atoms with Crippen molar-refractivity contribution in [2.75, 3.05) is 14.2 Å². The normalized spacial score (nSPS) is 37.7. The van der Waals surface area contributed by atoms with Crippen molar-refractivity contribution < 1.29 is 76.2 Å². The molecule has 16 nitrogen and oxygen atoms in total. The fourth-order valence-corrected chi connectivity index (χ4v) is 14.6. The molecule has 2 unspecified atom stereocenters. The Kier molecular flexibility index (Phi) is 13.8. The Hall–Kier alpha value is -6.26. The molecule has 16 heteroatoms. The average molecular weight is 993 g/mol. The Bertz CT molecular complexity index is 2440. The molecule has 0 bridgehead atoms. The Morgan fingerprint density at radius 2 is 0.931 bits per heavy atom. The van der Waals surface area contributed by atoms with Gasteiger partial charge in [-0.2, -0.15) is 0 Å². The summed E-state index contributed by atoms with van der Waals surface area (Å²) in [4.78, 5) is 78.5. The molecule has 0 amide bonds. The minimum absolute atomic E-state index is 0.149. The van der Waals surface area contributed by atoms with Crippen molar-refractivity contribution in [3.63, 3.8) is 0 Å². The largest absolute Gasteiger partial charge is 0.472 e. The number of cyclic esters (lactones) is 2. The molecule has 384 valence electrons. The molecule has 6 aliphatic rings. The predicted octanol–water partition coefficient (Wildman–Crippen LogP) is 8.17. The molecular formula is C56H64O16. The zero-order chi connectivity index (χ0) is 51.3. The molecular weight excluding hydrogens is 929 g/mol. The van der Waals surface area contributed by atoms with Crippen LogP contribution in [-0.2, 0) is 47.6 Å². The van der Waals surface area contributed by atoms with E-state index in [0.29, 0.717) is 49.7 Å². The lowest BCUT2D eigenvalue weighted by Crippen LogP contribution is -2.66. The van der Waals surface area contributed by atoms with E-state index in [9.17, 15) is 39.0 Å². The highest BCUT2D eigenvalue weighted by atomic mass is 16.6. The van der Waals surface area contributed by atoms with Gasteiger partial charge in [0.25, 0.3) is 0 Å². The highest BCUT2D eigenvalue weighted by Gasteiger charge is 2.69. The second-order valence-electron chi connectivity index (χ2n) is 21.8. The van der Waals surface area contributed by atoms with Crippen LogP contribution in [0.1, 0.15) is 123 Å². The Labute approximate surface area is 418 Å². The van der Waals surface area contributed by atoms with Crippen molar-refractivity contribution in [2.24, 2.45) is 57.2 Å². The SMILES string of the molecule is COC(=O)[C@@H]1C[C@H](OC(=O)c2ccccc2)[C@H](O)C2[C@@]1(C)CC[C@H]1C(=O)O[C@H](c3ccoc3)C[C@]21C.COC(=O)[C@@H]1C[C@H](OC(=O)c2ccccc2)[C@H](O)C2[C@@]3(C)C[C@@H](c4ccoc4)OC(=O)[C@H]3CC[C@]21C. The first kappa shape index (κ1) is 50.7. The maximum atomic E-state index is 13.2. The highest BCUT2D eigenvalue weighted by molar-refractivity contribution is 5.90. The van der Waals surface area contributed by atoms with Crippen LogP contribution in [-0.4, -0.2) is 84.7 Å². The predicted molar refractivity (Wildman–Crippen MR) is 253 cm³/mol. The smallest absolute Gasteiger partial charge is 0.338 e. The maximum absolute atomic E-state index is 13.2. The van der Waals surface area contributed by atoms with Gasteiger partial charge in [-0.3, -0.25) is 19.2 Å². The average Bonchev–Trinajstić information content (AvgIpc) is 4.12. The van der Waals surface area contributed by atoms with Crippen molar-refractivity contribution in [1.82, 2.24) is 0 Å². The van der Waals surface area contributed by atoms with Crippen molar-refractivity contribution in [3.05, 3.63) is 120 Å². The number of aliphatic hydroxyl groups excluding tert-OH is 2. The van der Waals surface area contributed by atoms with Gasteiger partial charge in [-0.1, -0.05) is 64.1 Å². The number of methoxy groups -OCH3 is 2. The zero-order valence-electron chi connectivity index (χ0n) is 41.4. The van der Waals surface area contributed by atoms with Crippen LogP contribution in [0.25, 0.3) is 0 Å². The fraction of sp³-hybridized carbons (Fsp3) is 0.536. The molecule has 2 aromatic carbocycles. The van der Waals surface area contributed by atoms with E-state index >= 15 is 0 Å². The Balaban J connectivity index is 0.000000178. The number of fused-ring (bicyclic) bond motifs is 6. The first-order chi connectivity index (χ1) is 34.4. The first-order valence-corrected chi connectivity index (χ1v) is 24.9. The number of carbonyl (C=O) groups excluding carboxylic acids is 6. The second kappa shape index (κ2) is 19.6. The third-order valence-corrected chi connectivity index (χ3v) is 18.0. The molecule has 4 aromatic rings. The first-order valence-electron chi connectivity index (χ1n) is 24.9. The van der Waals surface area contributed by atoms with Gasteiger partial charge in [-0.15, -0.1) is 0 Å². The van der Waals surface area contributed by atoms with Crippen molar-refractivity contribution in [1.29, 1.82) is 0 Å². The lowest BCUT2D eigenvalue weighted by molar-refractivity contribution is -0.237. The Morgan fingerprint density at radius 3 is 1.26 bits per heavy atom. The fourth-order valence-electron chi connectivity index (χ4n) is 14.6. The number of benzene rings is 2. The number of hydrogen-bond donors (Lipinski definition) is 2. The van der Waals surface area contributed by atoms with Gasteiger partial charge < -0.3 is 47.5 Å². The molecule has 0 spiro atoms. The monoisotopic (exact) mass is 992 g/mol. The molecule has 6 fully saturated rings. The van der Waals surface area contributed by atoms with E-state index in [1.807, 2.05) is 27.7 Å². The van der Waals surface area contributed by atoms with E-state index < -0.39 is 118 Å². The summed E-state index contributed by atoms with van der Waals surface area (Å²) in [5.41, 5.74) is -0.530. The van der Waals surface area contributed by atoms with Crippen LogP contribution in [0.5, 0.6) is 0 Å². The highest BCUT2D eigenvalue weighted by Crippen LogP contribution is 2.68. The molecule has 2 saturated heterocycles. The molecule has 10 rings (SSSR count). The lowest BCUT2D eigenvalue weighted by atomic mass is 9.42. The molecule has 2 N–H and O–H groups in total. The topological polar surface area (TPSA) is 225 Å². The lowest BCUT2D eigenvalue weighted by Gasteiger charge is -2.63. The molecule has 4 saturated carbocycles. The van der Waals surface area contributed by atoms with Gasteiger partial charge in [0, 0.05) is 35.8 Å². The molecule has 72 heavy (non-hydrogen) atoms. The van der Waals surface area contributed by atoms with Crippen molar-refractivity contribution in [2.45, 2.75) is 116 Å². The van der Waals surface area contributed by atoms with Crippen LogP contribution in [0.15, 0.2) is 107 Å². The standard InChI is InChI=1S/2C28H32O8/c2*1-27-11-9-18-26(32)36-21(17-10-12-34-15-17)14-28(18,2)23(27)22(29)20(13-19(27)25(31)33-3)35-24(30)16-7-5-4-6-8-16/h2*4-8,10,12,15,18-23,29H,9,11,13-14H2,1-3H3/t18-,19+,20+,21+,22+,23?,27+,28+;18-,19-,20-,21-,22-,23?,27-,28-/m10/s1. The van der Waals surface area contributed by atoms with Crippen LogP contribution >= 0.6 is 0 Å². The van der Waals surface area contributed by atoms with E-state index in [1.165, 1.54) is 26.7 Å². The van der Waals surface area contributed by atoms with Gasteiger partial charge in [0.1, 0.15) is 24.4 Å². The summed E-state index contributed by atoms with van der Waals surface area (Å²) in [5.74, 6) is -5.71. The number of esters is 6. The van der Waals surface area contributed by atoms with E-state index in [4.69, 9.17) is 37.3 Å². The molecule has 0 radical (unpaired) electrons. The van der Waals surface area contributed by atoms with Gasteiger partial charge in [0.2, 0.25) is 0 Å². The summed E-state index contributed by atoms with van der Waals surface area (Å²) in [6.07, 6.45) is 4.46. The summed E-state index contributed by atoms with van der Waals surface area (Å²) in [7, 11) is 2.69. The van der Waals surface area contributed by atoms with Crippen LogP contribution in [0.4, 0.5) is 0 Å². The van der Waals surface area contributed by atoms with Crippen LogP contribution in [0.3, 0.4) is 0 Å². The number of hydrogen-bond acceptors (Lipinski definition) is 16. The zero-order valence-corrected chi connectivity index (χ0v) is 41.4. The summed E-state index contributed by atoms with van der Waals surface area (Å²) in [5, 5.41) is 23.6. The van der Waals surface area contributed by atoms with Gasteiger partial charge >= 0.3 is 35.8 Å². The van der Waals surface area contributed by atoms with Crippen LogP contribution in [0, 0.1) is 57.2 Å². The molecule has 2 aliphatic heterocycles. The minimum Gasteiger partial charge on any atom is -0.472 e. The number of aliphatic hydroxyl groups is 2. The molecule has 4 heterocycles. The second-order valence-corrected chi connectivity index (χ2v) is 21.8. The number of ether oxygens (including phenoxy) is 6. The van der Waals surface area contributed by atoms with E-state index in [0.717, 1.165) is 11.1 Å². The van der Waals surface area contributed by atoms with E-state index in [1.54, 1.807) is 85.3 Å². The summed E-state index contributed by atoms with van der Waals surface area (Å²) < 4.78 is 44.1. The van der Waals surface area contributed by atoms with Gasteiger partial charge in [-0.25, -0.2) is 9.59 Å². The summed E-state index contributed by atoms with van der Waals surface area (Å²) in [6.45, 7) is 7.97. The molecule has 16 atom stereocenters. The van der Waals surface area contributed by atoms with Crippen molar-refractivity contribution >= 4 is 35.8 Å². The van der Waals surface area contributed by atoms with Gasteiger partial charge in [-0.05, 0) is 96.6 Å². The summed E-state index contributed by atoms with van der Waals surface area (Å²) >= 11 is 0.